The zero-order chi connectivity index (χ0) is 16.4. The first-order chi connectivity index (χ1) is 9.40. The zero-order valence-electron chi connectivity index (χ0n) is 11.6. The second-order valence-corrected chi connectivity index (χ2v) is 5.30. The van der Waals surface area contributed by atoms with Crippen molar-refractivity contribution < 1.29 is 32.2 Å². The minimum absolute atomic E-state index is 0.379. The summed E-state index contributed by atoms with van der Waals surface area (Å²) in [6.07, 6.45) is -8.92. The largest absolute Gasteiger partial charge is 0.444 e. The van der Waals surface area contributed by atoms with E-state index in [0.717, 1.165) is 12.1 Å². The Morgan fingerprint density at radius 2 is 1.86 bits per heavy atom. The van der Waals surface area contributed by atoms with Crippen molar-refractivity contribution in [3.63, 3.8) is 0 Å². The second kappa shape index (κ2) is 5.88. The maximum Gasteiger partial charge on any atom is 0.418 e. The van der Waals surface area contributed by atoms with Gasteiger partial charge in [0.05, 0.1) is 5.69 Å². The number of rotatable bonds is 2. The lowest BCUT2D eigenvalue weighted by Gasteiger charge is -2.22. The number of carbonyl (C=O) groups excluding carboxylic acids is 1. The van der Waals surface area contributed by atoms with Gasteiger partial charge in [-0.25, -0.2) is 9.18 Å². The van der Waals surface area contributed by atoms with Crippen LogP contribution in [0.4, 0.5) is 28.0 Å². The second-order valence-electron chi connectivity index (χ2n) is 5.30. The van der Waals surface area contributed by atoms with Crippen molar-refractivity contribution in [2.24, 2.45) is 0 Å². The lowest BCUT2D eigenvalue weighted by Crippen LogP contribution is -2.28. The Labute approximate surface area is 118 Å². The number of halogens is 4. The van der Waals surface area contributed by atoms with Crippen molar-refractivity contribution in [3.05, 3.63) is 29.6 Å². The van der Waals surface area contributed by atoms with Crippen molar-refractivity contribution in [3.8, 4) is 0 Å². The highest BCUT2D eigenvalue weighted by molar-refractivity contribution is 5.86. The molecule has 0 saturated heterocycles. The first-order valence-corrected chi connectivity index (χ1v) is 5.94. The van der Waals surface area contributed by atoms with Gasteiger partial charge in [-0.1, -0.05) is 0 Å². The molecule has 0 unspecified atom stereocenters. The molecule has 0 radical (unpaired) electrons. The number of nitrogens with one attached hydrogen (secondary N) is 1. The zero-order valence-corrected chi connectivity index (χ0v) is 11.6. The summed E-state index contributed by atoms with van der Waals surface area (Å²) in [6, 6.07) is 2.29. The average molecular weight is 309 g/mol. The predicted molar refractivity (Wildman–Crippen MR) is 67.3 cm³/mol. The summed E-state index contributed by atoms with van der Waals surface area (Å²) in [4.78, 5) is 11.5. The topological polar surface area (TPSA) is 58.6 Å². The molecule has 1 amide bonds. The van der Waals surface area contributed by atoms with Gasteiger partial charge in [-0.05, 0) is 39.0 Å². The maximum atomic E-state index is 13.1. The molecule has 1 aromatic rings. The van der Waals surface area contributed by atoms with Crippen LogP contribution in [0.15, 0.2) is 18.2 Å². The van der Waals surface area contributed by atoms with Crippen LogP contribution in [0.1, 0.15) is 32.4 Å². The maximum absolute atomic E-state index is 13.1. The van der Waals surface area contributed by atoms with E-state index in [-0.39, 0.29) is 5.69 Å². The average Bonchev–Trinajstić information content (AvgIpc) is 2.26. The van der Waals surface area contributed by atoms with Crippen molar-refractivity contribution in [1.29, 1.82) is 0 Å². The molecule has 0 aliphatic carbocycles. The standard InChI is InChI=1S/C13H15F4NO3/c1-12(2,3)21-11(20)18-9-5-4-7(14)6-8(9)10(19)13(15,16)17/h4-6,10,19H,1-3H3,(H,18,20)/t10-/m1/s1. The Bertz CT molecular complexity index is 523. The molecule has 0 aromatic heterocycles. The molecule has 2 N–H and O–H groups in total. The molecule has 1 aromatic carbocycles. The van der Waals surface area contributed by atoms with E-state index in [9.17, 15) is 27.5 Å². The minimum Gasteiger partial charge on any atom is -0.444 e. The highest BCUT2D eigenvalue weighted by atomic mass is 19.4. The van der Waals surface area contributed by atoms with E-state index in [1.54, 1.807) is 20.8 Å². The molecule has 0 aliphatic rings. The Morgan fingerprint density at radius 3 is 2.33 bits per heavy atom. The van der Waals surface area contributed by atoms with Gasteiger partial charge < -0.3 is 9.84 Å². The summed E-state index contributed by atoms with van der Waals surface area (Å²) in [5.74, 6) is -0.969. The molecule has 0 bridgehead atoms. The number of aliphatic hydroxyl groups excluding tert-OH is 1. The summed E-state index contributed by atoms with van der Waals surface area (Å²) in [5.41, 5.74) is -2.03. The van der Waals surface area contributed by atoms with Gasteiger partial charge >= 0.3 is 12.3 Å². The number of hydrogen-bond donors (Lipinski definition) is 2. The minimum atomic E-state index is -4.99. The van der Waals surface area contributed by atoms with Gasteiger partial charge in [-0.2, -0.15) is 13.2 Å². The van der Waals surface area contributed by atoms with E-state index in [1.807, 2.05) is 0 Å². The lowest BCUT2D eigenvalue weighted by molar-refractivity contribution is -0.206. The van der Waals surface area contributed by atoms with Gasteiger partial charge in [0, 0.05) is 5.56 Å². The van der Waals surface area contributed by atoms with Crippen LogP contribution < -0.4 is 5.32 Å². The van der Waals surface area contributed by atoms with Gasteiger partial charge in [0.25, 0.3) is 0 Å². The molecule has 0 heterocycles. The molecule has 4 nitrogen and oxygen atoms in total. The Kier molecular flexibility index (Phi) is 4.83. The van der Waals surface area contributed by atoms with Crippen LogP contribution >= 0.6 is 0 Å². The molecular formula is C13H15F4NO3. The molecule has 21 heavy (non-hydrogen) atoms. The fraction of sp³-hybridized carbons (Fsp3) is 0.462. The quantitative estimate of drug-likeness (QED) is 0.818. The normalized spacial score (nSPS) is 13.7. The molecule has 0 fully saturated rings. The van der Waals surface area contributed by atoms with Crippen molar-refractivity contribution in [2.75, 3.05) is 5.32 Å². The molecule has 8 heteroatoms. The van der Waals surface area contributed by atoms with E-state index in [0.29, 0.717) is 6.07 Å². The number of anilines is 1. The summed E-state index contributed by atoms with van der Waals surface area (Å²) in [7, 11) is 0. The number of benzene rings is 1. The number of amides is 1. The van der Waals surface area contributed by atoms with Crippen LogP contribution in [0, 0.1) is 5.82 Å². The number of aliphatic hydroxyl groups is 1. The Balaban J connectivity index is 3.05. The molecule has 1 rings (SSSR count). The molecular weight excluding hydrogens is 294 g/mol. The number of hydrogen-bond acceptors (Lipinski definition) is 3. The van der Waals surface area contributed by atoms with Gasteiger partial charge in [-0.15, -0.1) is 0 Å². The van der Waals surface area contributed by atoms with Crippen molar-refractivity contribution in [2.45, 2.75) is 38.7 Å². The third-order valence-electron chi connectivity index (χ3n) is 2.25. The summed E-state index contributed by atoms with van der Waals surface area (Å²) >= 11 is 0. The summed E-state index contributed by atoms with van der Waals surface area (Å²) < 4.78 is 55.6. The fourth-order valence-corrected chi connectivity index (χ4v) is 1.46. The predicted octanol–water partition coefficient (Wildman–Crippen LogP) is 3.77. The third-order valence-corrected chi connectivity index (χ3v) is 2.25. The van der Waals surface area contributed by atoms with Gasteiger partial charge in [0.15, 0.2) is 6.10 Å². The van der Waals surface area contributed by atoms with Gasteiger partial charge in [0.2, 0.25) is 0 Å². The molecule has 118 valence electrons. The third kappa shape index (κ3) is 5.22. The van der Waals surface area contributed by atoms with Gasteiger partial charge in [-0.3, -0.25) is 5.32 Å². The van der Waals surface area contributed by atoms with Crippen LogP contribution in [-0.2, 0) is 4.74 Å². The number of ether oxygens (including phenoxy) is 1. The SMILES string of the molecule is CC(C)(C)OC(=O)Nc1ccc(F)cc1[C@@H](O)C(F)(F)F. The van der Waals surface area contributed by atoms with Gasteiger partial charge in [0.1, 0.15) is 11.4 Å². The monoisotopic (exact) mass is 309 g/mol. The Hall–Kier alpha value is -1.83. The summed E-state index contributed by atoms with van der Waals surface area (Å²) in [6.45, 7) is 4.72. The summed E-state index contributed by atoms with van der Waals surface area (Å²) in [5, 5.41) is 11.3. The molecule has 0 saturated carbocycles. The number of alkyl halides is 3. The van der Waals surface area contributed by atoms with Crippen LogP contribution in [0.2, 0.25) is 0 Å². The first kappa shape index (κ1) is 17.2. The molecule has 0 aliphatic heterocycles. The van der Waals surface area contributed by atoms with E-state index < -0.39 is 35.4 Å². The van der Waals surface area contributed by atoms with Crippen LogP contribution in [0.5, 0.6) is 0 Å². The van der Waals surface area contributed by atoms with Crippen molar-refractivity contribution in [1.82, 2.24) is 0 Å². The molecule has 0 spiro atoms. The first-order valence-electron chi connectivity index (χ1n) is 5.94. The van der Waals surface area contributed by atoms with E-state index in [4.69, 9.17) is 4.74 Å². The van der Waals surface area contributed by atoms with Crippen LogP contribution in [0.3, 0.4) is 0 Å². The van der Waals surface area contributed by atoms with Crippen LogP contribution in [-0.4, -0.2) is 23.0 Å². The van der Waals surface area contributed by atoms with E-state index >= 15 is 0 Å². The smallest absolute Gasteiger partial charge is 0.418 e. The van der Waals surface area contributed by atoms with Crippen molar-refractivity contribution >= 4 is 11.8 Å². The van der Waals surface area contributed by atoms with E-state index in [1.165, 1.54) is 0 Å². The lowest BCUT2D eigenvalue weighted by atomic mass is 10.1. The number of carbonyl (C=O) groups is 1. The highest BCUT2D eigenvalue weighted by Gasteiger charge is 2.41. The fourth-order valence-electron chi connectivity index (χ4n) is 1.46. The highest BCUT2D eigenvalue weighted by Crippen LogP contribution is 2.36. The molecule has 1 atom stereocenters. The Morgan fingerprint density at radius 1 is 1.29 bits per heavy atom. The van der Waals surface area contributed by atoms with Crippen LogP contribution in [0.25, 0.3) is 0 Å². The van der Waals surface area contributed by atoms with E-state index in [2.05, 4.69) is 5.32 Å².